The van der Waals surface area contributed by atoms with Crippen LogP contribution in [-0.4, -0.2) is 16.1 Å². The fourth-order valence-electron chi connectivity index (χ4n) is 1.78. The van der Waals surface area contributed by atoms with Crippen LogP contribution in [-0.2, 0) is 17.6 Å². The van der Waals surface area contributed by atoms with Crippen molar-refractivity contribution in [3.63, 3.8) is 0 Å². The molecule has 0 saturated carbocycles. The van der Waals surface area contributed by atoms with Crippen molar-refractivity contribution in [2.75, 3.05) is 5.32 Å². The topological polar surface area (TPSA) is 57.8 Å². The summed E-state index contributed by atoms with van der Waals surface area (Å²) in [5.74, 6) is 0.545. The summed E-state index contributed by atoms with van der Waals surface area (Å²) in [4.78, 5) is 11.9. The maximum atomic E-state index is 11.9. The highest BCUT2D eigenvalue weighted by Gasteiger charge is 2.07. The molecule has 0 radical (unpaired) electrons. The zero-order chi connectivity index (χ0) is 13.0. The molecule has 1 aromatic heterocycles. The first kappa shape index (κ1) is 12.4. The lowest BCUT2D eigenvalue weighted by Gasteiger charge is -2.04. The number of aromatic amines is 1. The molecule has 0 bridgehead atoms. The number of benzene rings is 1. The Hall–Kier alpha value is -2.10. The van der Waals surface area contributed by atoms with Crippen molar-refractivity contribution < 1.29 is 4.79 Å². The molecular weight excluding hydrogens is 226 g/mol. The van der Waals surface area contributed by atoms with Gasteiger partial charge in [0.2, 0.25) is 5.91 Å². The van der Waals surface area contributed by atoms with Crippen LogP contribution in [0, 0.1) is 6.92 Å². The zero-order valence-electron chi connectivity index (χ0n) is 10.7. The summed E-state index contributed by atoms with van der Waals surface area (Å²) in [5.41, 5.74) is 3.19. The molecule has 4 nitrogen and oxygen atoms in total. The highest BCUT2D eigenvalue weighted by molar-refractivity contribution is 5.91. The fourth-order valence-corrected chi connectivity index (χ4v) is 1.78. The van der Waals surface area contributed by atoms with Gasteiger partial charge in [0.15, 0.2) is 5.82 Å². The van der Waals surface area contributed by atoms with E-state index in [1.807, 2.05) is 44.2 Å². The molecule has 18 heavy (non-hydrogen) atoms. The van der Waals surface area contributed by atoms with Crippen molar-refractivity contribution in [2.24, 2.45) is 0 Å². The molecule has 0 aliphatic carbocycles. The van der Waals surface area contributed by atoms with Crippen molar-refractivity contribution in [1.82, 2.24) is 10.2 Å². The van der Waals surface area contributed by atoms with Gasteiger partial charge in [-0.05, 0) is 24.5 Å². The summed E-state index contributed by atoms with van der Waals surface area (Å²) < 4.78 is 0. The van der Waals surface area contributed by atoms with Crippen LogP contribution >= 0.6 is 0 Å². The van der Waals surface area contributed by atoms with Gasteiger partial charge < -0.3 is 5.32 Å². The van der Waals surface area contributed by atoms with E-state index in [1.54, 1.807) is 0 Å². The molecule has 1 amide bonds. The summed E-state index contributed by atoms with van der Waals surface area (Å²) in [6, 6.07) is 9.75. The molecule has 1 heterocycles. The number of hydrogen-bond donors (Lipinski definition) is 2. The smallest absolute Gasteiger partial charge is 0.230 e. The van der Waals surface area contributed by atoms with Gasteiger partial charge in [-0.3, -0.25) is 9.89 Å². The maximum Gasteiger partial charge on any atom is 0.230 e. The third-order valence-electron chi connectivity index (χ3n) is 2.89. The summed E-state index contributed by atoms with van der Waals surface area (Å²) in [6.45, 7) is 4.04. The predicted molar refractivity (Wildman–Crippen MR) is 71.5 cm³/mol. The van der Waals surface area contributed by atoms with Crippen LogP contribution in [0.15, 0.2) is 30.3 Å². The SMILES string of the molecule is CCc1cc(NC(=O)Cc2ccccc2C)n[nH]1. The van der Waals surface area contributed by atoms with Crippen LogP contribution in [0.5, 0.6) is 0 Å². The number of amides is 1. The van der Waals surface area contributed by atoms with Crippen LogP contribution < -0.4 is 5.32 Å². The number of rotatable bonds is 4. The highest BCUT2D eigenvalue weighted by atomic mass is 16.1. The van der Waals surface area contributed by atoms with Gasteiger partial charge in [-0.25, -0.2) is 0 Å². The Balaban J connectivity index is 1.99. The first-order valence-electron chi connectivity index (χ1n) is 6.07. The first-order chi connectivity index (χ1) is 8.69. The Morgan fingerprint density at radius 1 is 1.39 bits per heavy atom. The quantitative estimate of drug-likeness (QED) is 0.866. The second-order valence-corrected chi connectivity index (χ2v) is 4.28. The van der Waals surface area contributed by atoms with Gasteiger partial charge in [0.25, 0.3) is 0 Å². The zero-order valence-corrected chi connectivity index (χ0v) is 10.7. The van der Waals surface area contributed by atoms with Crippen LogP contribution in [0.3, 0.4) is 0 Å². The summed E-state index contributed by atoms with van der Waals surface area (Å²) in [5, 5.41) is 9.70. The molecule has 0 aliphatic heterocycles. The largest absolute Gasteiger partial charge is 0.309 e. The van der Waals surface area contributed by atoms with Crippen LogP contribution in [0.25, 0.3) is 0 Å². The molecule has 0 spiro atoms. The number of carbonyl (C=O) groups excluding carboxylic acids is 1. The van der Waals surface area contributed by atoms with Crippen LogP contribution in [0.4, 0.5) is 5.82 Å². The van der Waals surface area contributed by atoms with E-state index in [0.717, 1.165) is 23.2 Å². The third-order valence-corrected chi connectivity index (χ3v) is 2.89. The molecule has 94 valence electrons. The van der Waals surface area contributed by atoms with Gasteiger partial charge in [0, 0.05) is 11.8 Å². The van der Waals surface area contributed by atoms with Gasteiger partial charge in [0.1, 0.15) is 0 Å². The van der Waals surface area contributed by atoms with Crippen molar-refractivity contribution >= 4 is 11.7 Å². The number of anilines is 1. The monoisotopic (exact) mass is 243 g/mol. The Morgan fingerprint density at radius 2 is 2.17 bits per heavy atom. The molecule has 1 aromatic carbocycles. The molecule has 0 unspecified atom stereocenters. The number of aryl methyl sites for hydroxylation is 2. The molecule has 0 saturated heterocycles. The van der Waals surface area contributed by atoms with Gasteiger partial charge >= 0.3 is 0 Å². The molecule has 2 rings (SSSR count). The number of nitrogens with one attached hydrogen (secondary N) is 2. The lowest BCUT2D eigenvalue weighted by molar-refractivity contribution is -0.115. The lowest BCUT2D eigenvalue weighted by atomic mass is 10.1. The Labute approximate surface area is 106 Å². The van der Waals surface area contributed by atoms with E-state index in [2.05, 4.69) is 15.5 Å². The molecule has 0 fully saturated rings. The normalized spacial score (nSPS) is 10.3. The predicted octanol–water partition coefficient (Wildman–Crippen LogP) is 2.46. The molecule has 0 atom stereocenters. The molecule has 2 aromatic rings. The minimum absolute atomic E-state index is 0.0431. The summed E-state index contributed by atoms with van der Waals surface area (Å²) >= 11 is 0. The number of aromatic nitrogens is 2. The van der Waals surface area contributed by atoms with E-state index in [9.17, 15) is 4.79 Å². The molecule has 4 heteroatoms. The number of nitrogens with zero attached hydrogens (tertiary/aromatic N) is 1. The van der Waals surface area contributed by atoms with Crippen molar-refractivity contribution in [3.05, 3.63) is 47.2 Å². The molecule has 2 N–H and O–H groups in total. The first-order valence-corrected chi connectivity index (χ1v) is 6.07. The Morgan fingerprint density at radius 3 is 2.83 bits per heavy atom. The second kappa shape index (κ2) is 5.49. The van der Waals surface area contributed by atoms with E-state index >= 15 is 0 Å². The fraction of sp³-hybridized carbons (Fsp3) is 0.286. The highest BCUT2D eigenvalue weighted by Crippen LogP contribution is 2.10. The van der Waals surface area contributed by atoms with Crippen molar-refractivity contribution in [1.29, 1.82) is 0 Å². The summed E-state index contributed by atoms with van der Waals surface area (Å²) in [6.07, 6.45) is 1.25. The third kappa shape index (κ3) is 2.97. The number of carbonyl (C=O) groups is 1. The Bertz CT molecular complexity index is 545. The lowest BCUT2D eigenvalue weighted by Crippen LogP contribution is -2.15. The minimum atomic E-state index is -0.0431. The van der Waals surface area contributed by atoms with Gasteiger partial charge in [-0.2, -0.15) is 5.10 Å². The van der Waals surface area contributed by atoms with E-state index in [4.69, 9.17) is 0 Å². The van der Waals surface area contributed by atoms with E-state index in [1.165, 1.54) is 0 Å². The van der Waals surface area contributed by atoms with E-state index in [-0.39, 0.29) is 5.91 Å². The van der Waals surface area contributed by atoms with Crippen LogP contribution in [0.1, 0.15) is 23.7 Å². The van der Waals surface area contributed by atoms with Gasteiger partial charge in [-0.15, -0.1) is 0 Å². The Kier molecular flexibility index (Phi) is 3.77. The van der Waals surface area contributed by atoms with Gasteiger partial charge in [0.05, 0.1) is 6.42 Å². The maximum absolute atomic E-state index is 11.9. The second-order valence-electron chi connectivity index (χ2n) is 4.28. The number of H-pyrrole nitrogens is 1. The van der Waals surface area contributed by atoms with Crippen LogP contribution in [0.2, 0.25) is 0 Å². The van der Waals surface area contributed by atoms with Crippen molar-refractivity contribution in [3.8, 4) is 0 Å². The van der Waals surface area contributed by atoms with E-state index < -0.39 is 0 Å². The average Bonchev–Trinajstić information content (AvgIpc) is 2.80. The minimum Gasteiger partial charge on any atom is -0.309 e. The van der Waals surface area contributed by atoms with Crippen molar-refractivity contribution in [2.45, 2.75) is 26.7 Å². The van der Waals surface area contributed by atoms with Gasteiger partial charge in [-0.1, -0.05) is 31.2 Å². The molecular formula is C14H17N3O. The molecule has 0 aliphatic rings. The van der Waals surface area contributed by atoms with E-state index in [0.29, 0.717) is 12.2 Å². The summed E-state index contributed by atoms with van der Waals surface area (Å²) in [7, 11) is 0. The number of hydrogen-bond acceptors (Lipinski definition) is 2. The standard InChI is InChI=1S/C14H17N3O/c1-3-12-9-13(17-16-12)15-14(18)8-11-7-5-4-6-10(11)2/h4-7,9H,3,8H2,1-2H3,(H2,15,16,17,18). The average molecular weight is 243 g/mol.